The van der Waals surface area contributed by atoms with Crippen LogP contribution in [0.1, 0.15) is 20.9 Å². The summed E-state index contributed by atoms with van der Waals surface area (Å²) in [6, 6.07) is 5.46. The van der Waals surface area contributed by atoms with Crippen molar-refractivity contribution in [1.82, 2.24) is 0 Å². The van der Waals surface area contributed by atoms with E-state index in [0.717, 1.165) is 15.3 Å². The molecule has 2 aromatic heterocycles. The smallest absolute Gasteiger partial charge is 0.123 e. The molecule has 2 rings (SSSR count). The average Bonchev–Trinajstić information content (AvgIpc) is 3.08. The summed E-state index contributed by atoms with van der Waals surface area (Å²) >= 11 is 2.88. The van der Waals surface area contributed by atoms with Crippen molar-refractivity contribution in [2.24, 2.45) is 11.6 Å². The molecule has 2 aromatic rings. The molecule has 0 fully saturated rings. The zero-order chi connectivity index (χ0) is 15.0. The Balaban J connectivity index is 0.000000204. The van der Waals surface area contributed by atoms with Gasteiger partial charge in [0.05, 0.1) is 12.2 Å². The van der Waals surface area contributed by atoms with Crippen molar-refractivity contribution in [2.75, 3.05) is 0 Å². The van der Waals surface area contributed by atoms with Crippen molar-refractivity contribution in [3.63, 3.8) is 0 Å². The minimum Gasteiger partial charge on any atom is -0.391 e. The summed E-state index contributed by atoms with van der Waals surface area (Å²) < 4.78 is 0. The Morgan fingerprint density at radius 1 is 1.35 bits per heavy atom. The molecular weight excluding hydrogens is 296 g/mol. The van der Waals surface area contributed by atoms with Crippen LogP contribution in [0.3, 0.4) is 0 Å². The maximum Gasteiger partial charge on any atom is 0.123 e. The Hall–Kier alpha value is -1.76. The number of nitrogens with zero attached hydrogens (tertiary/aromatic N) is 1. The summed E-state index contributed by atoms with van der Waals surface area (Å²) in [5, 5.41) is 27.5. The number of thiophene rings is 2. The normalized spacial score (nSPS) is 9.45. The predicted octanol–water partition coefficient (Wildman–Crippen LogP) is 1.53. The topological polar surface area (TPSA) is 129 Å². The molecule has 0 aliphatic rings. The first kappa shape index (κ1) is 16.3. The van der Waals surface area contributed by atoms with Crippen molar-refractivity contribution in [2.45, 2.75) is 13.2 Å². The third kappa shape index (κ3) is 5.08. The van der Waals surface area contributed by atoms with Crippen LogP contribution in [0.15, 0.2) is 22.9 Å². The number of amidine groups is 1. The molecule has 0 aromatic carbocycles. The Morgan fingerprint density at radius 2 is 2.05 bits per heavy atom. The van der Waals surface area contributed by atoms with E-state index < -0.39 is 0 Å². The Bertz CT molecular complexity index is 601. The van der Waals surface area contributed by atoms with Gasteiger partial charge in [-0.05, 0) is 12.1 Å². The van der Waals surface area contributed by atoms with Crippen molar-refractivity contribution >= 4 is 28.5 Å². The van der Waals surface area contributed by atoms with E-state index in [1.165, 1.54) is 22.7 Å². The molecule has 0 amide bonds. The fraction of sp³-hybridized carbons (Fsp3) is 0.167. The van der Waals surface area contributed by atoms with Crippen LogP contribution < -0.4 is 11.6 Å². The van der Waals surface area contributed by atoms with E-state index in [0.29, 0.717) is 12.2 Å². The largest absolute Gasteiger partial charge is 0.391 e. The van der Waals surface area contributed by atoms with Crippen molar-refractivity contribution in [3.05, 3.63) is 43.8 Å². The molecule has 2 heterocycles. The van der Waals surface area contributed by atoms with Gasteiger partial charge >= 0.3 is 0 Å². The Kier molecular flexibility index (Phi) is 6.86. The number of hydrogen-bond donors (Lipinski definition) is 4. The molecule has 0 spiro atoms. The third-order valence-electron chi connectivity index (χ3n) is 2.13. The van der Waals surface area contributed by atoms with Gasteiger partial charge < -0.3 is 10.8 Å². The molecule has 0 aliphatic carbocycles. The van der Waals surface area contributed by atoms with Gasteiger partial charge in [0.25, 0.3) is 0 Å². The van der Waals surface area contributed by atoms with Crippen LogP contribution in [0.2, 0.25) is 0 Å². The standard InChI is InChI=1S/C6H9N3OS.C6H5NOS/c7-6(8)4-1-5(2-10-9)11-3-4;7-2-5-1-6(3-8)9-4-5/h1,3H,2,9H2,(H3,7,8);1,4,8H,3H2. The van der Waals surface area contributed by atoms with Gasteiger partial charge in [-0.15, -0.1) is 22.7 Å². The number of nitrogens with two attached hydrogens (primary N) is 2. The van der Waals surface area contributed by atoms with Crippen LogP contribution in [-0.4, -0.2) is 10.9 Å². The minimum atomic E-state index is 0.0341. The number of nitrogen functional groups attached to an aromatic ring is 1. The summed E-state index contributed by atoms with van der Waals surface area (Å²) in [5.74, 6) is 4.94. The highest BCUT2D eigenvalue weighted by Crippen LogP contribution is 2.14. The van der Waals surface area contributed by atoms with Crippen LogP contribution in [0.25, 0.3) is 0 Å². The molecule has 0 aliphatic heterocycles. The lowest BCUT2D eigenvalue weighted by molar-refractivity contribution is 0.126. The fourth-order valence-electron chi connectivity index (χ4n) is 1.20. The van der Waals surface area contributed by atoms with Gasteiger partial charge in [-0.3, -0.25) is 10.2 Å². The van der Waals surface area contributed by atoms with Crippen LogP contribution >= 0.6 is 22.7 Å². The van der Waals surface area contributed by atoms with Gasteiger partial charge in [0.15, 0.2) is 0 Å². The number of hydrogen-bond acceptors (Lipinski definition) is 7. The molecule has 0 unspecified atom stereocenters. The van der Waals surface area contributed by atoms with Gasteiger partial charge in [0.2, 0.25) is 0 Å². The predicted molar refractivity (Wildman–Crippen MR) is 79.3 cm³/mol. The molecule has 20 heavy (non-hydrogen) atoms. The highest BCUT2D eigenvalue weighted by Gasteiger charge is 2.00. The fourth-order valence-corrected chi connectivity index (χ4v) is 2.67. The van der Waals surface area contributed by atoms with E-state index in [1.807, 2.05) is 6.07 Å². The van der Waals surface area contributed by atoms with Crippen LogP contribution in [0, 0.1) is 16.7 Å². The minimum absolute atomic E-state index is 0.0341. The second kappa shape index (κ2) is 8.42. The number of nitriles is 1. The summed E-state index contributed by atoms with van der Waals surface area (Å²) in [6.45, 7) is 0.407. The first-order valence-electron chi connectivity index (χ1n) is 5.42. The molecule has 0 atom stereocenters. The van der Waals surface area contributed by atoms with Gasteiger partial charge in [-0.1, -0.05) is 0 Å². The maximum atomic E-state index is 8.55. The summed E-state index contributed by atoms with van der Waals surface area (Å²) in [5.41, 5.74) is 6.59. The zero-order valence-electron chi connectivity index (χ0n) is 10.5. The Morgan fingerprint density at radius 3 is 2.45 bits per heavy atom. The number of rotatable bonds is 4. The van der Waals surface area contributed by atoms with E-state index >= 15 is 0 Å². The van der Waals surface area contributed by atoms with Crippen molar-refractivity contribution in [3.8, 4) is 6.07 Å². The van der Waals surface area contributed by atoms with Crippen molar-refractivity contribution < 1.29 is 9.94 Å². The van der Waals surface area contributed by atoms with Gasteiger partial charge in [0.1, 0.15) is 18.5 Å². The van der Waals surface area contributed by atoms with Crippen LogP contribution in [0.5, 0.6) is 0 Å². The zero-order valence-corrected chi connectivity index (χ0v) is 12.1. The van der Waals surface area contributed by atoms with Crippen LogP contribution in [-0.2, 0) is 18.1 Å². The molecular formula is C12H14N4O2S2. The molecule has 0 saturated heterocycles. The number of aliphatic hydroxyl groups excluding tert-OH is 1. The van der Waals surface area contributed by atoms with E-state index in [9.17, 15) is 0 Å². The number of nitrogens with one attached hydrogen (secondary N) is 1. The Labute approximate surface area is 124 Å². The van der Waals surface area contributed by atoms with Gasteiger partial charge in [0, 0.05) is 26.1 Å². The molecule has 0 radical (unpaired) electrons. The van der Waals surface area contributed by atoms with Gasteiger partial charge in [-0.2, -0.15) is 5.26 Å². The highest BCUT2D eigenvalue weighted by molar-refractivity contribution is 7.10. The second-order valence-electron chi connectivity index (χ2n) is 3.60. The summed E-state index contributed by atoms with van der Waals surface area (Å²) in [6.07, 6.45) is 0. The van der Waals surface area contributed by atoms with E-state index in [-0.39, 0.29) is 12.4 Å². The summed E-state index contributed by atoms with van der Waals surface area (Å²) in [7, 11) is 0. The van der Waals surface area contributed by atoms with E-state index in [1.54, 1.807) is 22.9 Å². The lowest BCUT2D eigenvalue weighted by Crippen LogP contribution is -2.09. The molecule has 0 bridgehead atoms. The first-order chi connectivity index (χ1) is 9.60. The lowest BCUT2D eigenvalue weighted by atomic mass is 10.3. The molecule has 8 heteroatoms. The monoisotopic (exact) mass is 310 g/mol. The van der Waals surface area contributed by atoms with E-state index in [4.69, 9.17) is 27.4 Å². The number of aliphatic hydroxyl groups is 1. The average molecular weight is 310 g/mol. The third-order valence-corrected chi connectivity index (χ3v) is 3.96. The quantitative estimate of drug-likeness (QED) is 0.386. The molecule has 106 valence electrons. The first-order valence-corrected chi connectivity index (χ1v) is 7.18. The lowest BCUT2D eigenvalue weighted by Gasteiger charge is -1.90. The highest BCUT2D eigenvalue weighted by atomic mass is 32.1. The van der Waals surface area contributed by atoms with Crippen LogP contribution in [0.4, 0.5) is 0 Å². The molecule has 6 N–H and O–H groups in total. The van der Waals surface area contributed by atoms with Crippen molar-refractivity contribution in [1.29, 1.82) is 10.7 Å². The van der Waals surface area contributed by atoms with Gasteiger partial charge in [-0.25, -0.2) is 5.90 Å². The van der Waals surface area contributed by atoms with E-state index in [2.05, 4.69) is 4.84 Å². The SMILES string of the molecule is N#Cc1csc(CO)c1.N=C(N)c1csc(CON)c1. The molecule has 0 saturated carbocycles. The summed E-state index contributed by atoms with van der Waals surface area (Å²) in [4.78, 5) is 6.23. The second-order valence-corrected chi connectivity index (χ2v) is 5.59. The maximum absolute atomic E-state index is 8.55. The molecule has 6 nitrogen and oxygen atoms in total.